The van der Waals surface area contributed by atoms with Crippen LogP contribution in [0.4, 0.5) is 5.69 Å². The Labute approximate surface area is 132 Å². The molecule has 0 aliphatic heterocycles. The van der Waals surface area contributed by atoms with Gasteiger partial charge < -0.3 is 15.4 Å². The van der Waals surface area contributed by atoms with Gasteiger partial charge in [0.15, 0.2) is 0 Å². The van der Waals surface area contributed by atoms with Gasteiger partial charge in [-0.15, -0.1) is 0 Å². The van der Waals surface area contributed by atoms with E-state index in [1.165, 1.54) is 18.2 Å². The van der Waals surface area contributed by atoms with Crippen molar-refractivity contribution in [3.63, 3.8) is 0 Å². The van der Waals surface area contributed by atoms with Gasteiger partial charge in [0, 0.05) is 5.69 Å². The molecule has 0 spiro atoms. The standard InChI is InChI=1S/C17H15N3O3/c18-9-10-5-6-15(21)14(7-10)20-17(23)12-8-11-3-1-2-4-13(11)19-16(12)22/h5-8,21H,1-4H2,(H,19,22)(H,20,23). The van der Waals surface area contributed by atoms with Crippen LogP contribution in [0.3, 0.4) is 0 Å². The van der Waals surface area contributed by atoms with E-state index in [-0.39, 0.29) is 17.0 Å². The molecule has 0 bridgehead atoms. The highest BCUT2D eigenvalue weighted by molar-refractivity contribution is 6.05. The average Bonchev–Trinajstić information content (AvgIpc) is 2.56. The molecular weight excluding hydrogens is 294 g/mol. The van der Waals surface area contributed by atoms with E-state index in [4.69, 9.17) is 5.26 Å². The van der Waals surface area contributed by atoms with E-state index in [0.29, 0.717) is 5.56 Å². The van der Waals surface area contributed by atoms with Crippen LogP contribution in [0, 0.1) is 11.3 Å². The van der Waals surface area contributed by atoms with Crippen molar-refractivity contribution in [1.82, 2.24) is 4.98 Å². The summed E-state index contributed by atoms with van der Waals surface area (Å²) in [5.41, 5.74) is 1.85. The maximum atomic E-state index is 12.3. The molecule has 2 aromatic rings. The minimum absolute atomic E-state index is 0.00686. The van der Waals surface area contributed by atoms with Gasteiger partial charge in [0.05, 0.1) is 17.3 Å². The zero-order valence-electron chi connectivity index (χ0n) is 12.3. The van der Waals surface area contributed by atoms with Crippen LogP contribution < -0.4 is 10.9 Å². The van der Waals surface area contributed by atoms with E-state index < -0.39 is 11.5 Å². The predicted molar refractivity (Wildman–Crippen MR) is 84.5 cm³/mol. The first-order valence-electron chi connectivity index (χ1n) is 7.38. The van der Waals surface area contributed by atoms with Crippen molar-refractivity contribution in [3.05, 3.63) is 57.0 Å². The molecule has 3 rings (SSSR count). The van der Waals surface area contributed by atoms with E-state index in [9.17, 15) is 14.7 Å². The second kappa shape index (κ2) is 5.97. The summed E-state index contributed by atoms with van der Waals surface area (Å²) >= 11 is 0. The Morgan fingerprint density at radius 1 is 1.26 bits per heavy atom. The first-order valence-corrected chi connectivity index (χ1v) is 7.38. The summed E-state index contributed by atoms with van der Waals surface area (Å²) in [5.74, 6) is -0.767. The highest BCUT2D eigenvalue weighted by atomic mass is 16.3. The van der Waals surface area contributed by atoms with Crippen LogP contribution in [0.5, 0.6) is 5.75 Å². The van der Waals surface area contributed by atoms with Crippen LogP contribution in [0.15, 0.2) is 29.1 Å². The number of phenols is 1. The van der Waals surface area contributed by atoms with Gasteiger partial charge in [0.2, 0.25) is 0 Å². The number of fused-ring (bicyclic) bond motifs is 1. The largest absolute Gasteiger partial charge is 0.506 e. The quantitative estimate of drug-likeness (QED) is 0.738. The summed E-state index contributed by atoms with van der Waals surface area (Å²) in [7, 11) is 0. The number of rotatable bonds is 2. The van der Waals surface area contributed by atoms with Crippen molar-refractivity contribution in [3.8, 4) is 11.8 Å². The predicted octanol–water partition coefficient (Wildman–Crippen LogP) is 2.08. The minimum atomic E-state index is -0.606. The topological polar surface area (TPSA) is 106 Å². The molecule has 0 saturated heterocycles. The van der Waals surface area contributed by atoms with Gasteiger partial charge in [-0.05, 0) is 55.5 Å². The SMILES string of the molecule is N#Cc1ccc(O)c(NC(=O)c2cc3c([nH]c2=O)CCCC3)c1. The number of H-pyrrole nitrogens is 1. The van der Waals surface area contributed by atoms with Gasteiger partial charge in [-0.25, -0.2) is 0 Å². The molecule has 0 saturated carbocycles. The normalized spacial score (nSPS) is 13.0. The van der Waals surface area contributed by atoms with Crippen molar-refractivity contribution in [2.45, 2.75) is 25.7 Å². The fourth-order valence-electron chi connectivity index (χ4n) is 2.74. The number of benzene rings is 1. The average molecular weight is 309 g/mol. The molecule has 0 fully saturated rings. The molecule has 0 radical (unpaired) electrons. The van der Waals surface area contributed by atoms with Crippen molar-refractivity contribution < 1.29 is 9.90 Å². The summed E-state index contributed by atoms with van der Waals surface area (Å²) in [4.78, 5) is 27.2. The van der Waals surface area contributed by atoms with E-state index in [0.717, 1.165) is 36.9 Å². The first-order chi connectivity index (χ1) is 11.1. The molecule has 6 nitrogen and oxygen atoms in total. The summed E-state index contributed by atoms with van der Waals surface area (Å²) in [6.45, 7) is 0. The number of nitriles is 1. The molecule has 1 aliphatic carbocycles. The van der Waals surface area contributed by atoms with Gasteiger partial charge in [0.1, 0.15) is 11.3 Å². The number of anilines is 1. The Kier molecular flexibility index (Phi) is 3.85. The first kappa shape index (κ1) is 14.9. The molecule has 1 aliphatic rings. The summed E-state index contributed by atoms with van der Waals surface area (Å²) in [6, 6.07) is 7.68. The van der Waals surface area contributed by atoms with Gasteiger partial charge in [-0.2, -0.15) is 5.26 Å². The lowest BCUT2D eigenvalue weighted by Gasteiger charge is -2.16. The third-order valence-electron chi connectivity index (χ3n) is 3.96. The fourth-order valence-corrected chi connectivity index (χ4v) is 2.74. The minimum Gasteiger partial charge on any atom is -0.506 e. The number of amides is 1. The molecule has 6 heteroatoms. The van der Waals surface area contributed by atoms with E-state index >= 15 is 0 Å². The molecule has 3 N–H and O–H groups in total. The van der Waals surface area contributed by atoms with Crippen molar-refractivity contribution in [2.24, 2.45) is 0 Å². The van der Waals surface area contributed by atoms with Gasteiger partial charge in [-0.3, -0.25) is 9.59 Å². The van der Waals surface area contributed by atoms with Gasteiger partial charge >= 0.3 is 0 Å². The lowest BCUT2D eigenvalue weighted by molar-refractivity contribution is 0.102. The molecule has 1 aromatic heterocycles. The Morgan fingerprint density at radius 3 is 2.83 bits per heavy atom. The number of aromatic amines is 1. The molecule has 116 valence electrons. The number of nitrogens with one attached hydrogen (secondary N) is 2. The zero-order chi connectivity index (χ0) is 16.4. The zero-order valence-corrected chi connectivity index (χ0v) is 12.3. The molecule has 1 heterocycles. The molecular formula is C17H15N3O3. The van der Waals surface area contributed by atoms with E-state index in [2.05, 4.69) is 10.3 Å². The number of hydrogen-bond donors (Lipinski definition) is 3. The molecule has 23 heavy (non-hydrogen) atoms. The summed E-state index contributed by atoms with van der Waals surface area (Å²) < 4.78 is 0. The van der Waals surface area contributed by atoms with E-state index in [1.807, 2.05) is 6.07 Å². The number of aromatic nitrogens is 1. The molecule has 0 unspecified atom stereocenters. The van der Waals surface area contributed by atoms with Crippen molar-refractivity contribution >= 4 is 11.6 Å². The number of carbonyl (C=O) groups is 1. The van der Waals surface area contributed by atoms with Crippen LogP contribution in [0.1, 0.15) is 40.0 Å². The number of aryl methyl sites for hydroxylation is 2. The second-order valence-corrected chi connectivity index (χ2v) is 5.52. The summed E-state index contributed by atoms with van der Waals surface area (Å²) in [6.07, 6.45) is 3.72. The van der Waals surface area contributed by atoms with Crippen LogP contribution in [0.2, 0.25) is 0 Å². The third-order valence-corrected chi connectivity index (χ3v) is 3.96. The number of hydrogen-bond acceptors (Lipinski definition) is 4. The number of aromatic hydroxyl groups is 1. The van der Waals surface area contributed by atoms with E-state index in [1.54, 1.807) is 6.07 Å². The third kappa shape index (κ3) is 2.94. The number of phenolic OH excluding ortho intramolecular Hbond substituents is 1. The maximum Gasteiger partial charge on any atom is 0.261 e. The van der Waals surface area contributed by atoms with Crippen LogP contribution in [-0.2, 0) is 12.8 Å². The van der Waals surface area contributed by atoms with Gasteiger partial charge in [-0.1, -0.05) is 0 Å². The smallest absolute Gasteiger partial charge is 0.261 e. The molecule has 0 atom stereocenters. The molecule has 1 amide bonds. The van der Waals surface area contributed by atoms with Crippen LogP contribution in [0.25, 0.3) is 0 Å². The Morgan fingerprint density at radius 2 is 2.04 bits per heavy atom. The second-order valence-electron chi connectivity index (χ2n) is 5.52. The Balaban J connectivity index is 1.92. The maximum absolute atomic E-state index is 12.3. The number of pyridine rings is 1. The lowest BCUT2D eigenvalue weighted by atomic mass is 9.95. The summed E-state index contributed by atoms with van der Waals surface area (Å²) in [5, 5.41) is 21.1. The van der Waals surface area contributed by atoms with Crippen molar-refractivity contribution in [1.29, 1.82) is 5.26 Å². The fraction of sp³-hybridized carbons (Fsp3) is 0.235. The highest BCUT2D eigenvalue weighted by Crippen LogP contribution is 2.25. The monoisotopic (exact) mass is 309 g/mol. The highest BCUT2D eigenvalue weighted by Gasteiger charge is 2.18. The van der Waals surface area contributed by atoms with Gasteiger partial charge in [0.25, 0.3) is 11.5 Å². The van der Waals surface area contributed by atoms with Crippen molar-refractivity contribution in [2.75, 3.05) is 5.32 Å². The number of nitrogens with zero attached hydrogens (tertiary/aromatic N) is 1. The Bertz CT molecular complexity index is 878. The number of carbonyl (C=O) groups excluding carboxylic acids is 1. The lowest BCUT2D eigenvalue weighted by Crippen LogP contribution is -2.26. The Hall–Kier alpha value is -3.07. The molecule has 1 aromatic carbocycles. The van der Waals surface area contributed by atoms with Crippen LogP contribution in [-0.4, -0.2) is 16.0 Å². The van der Waals surface area contributed by atoms with Crippen LogP contribution >= 0.6 is 0 Å².